The molecule has 9 nitrogen and oxygen atoms in total. The van der Waals surface area contributed by atoms with Crippen molar-refractivity contribution in [2.45, 2.75) is 91.0 Å². The minimum Gasteiger partial charge on any atom is -0.444 e. The van der Waals surface area contributed by atoms with Crippen LogP contribution >= 0.6 is 0 Å². The van der Waals surface area contributed by atoms with Crippen LogP contribution in [0.5, 0.6) is 0 Å². The molecule has 0 atom stereocenters. The first-order chi connectivity index (χ1) is 18.0. The Bertz CT molecular complexity index is 1240. The zero-order valence-electron chi connectivity index (χ0n) is 23.9. The van der Waals surface area contributed by atoms with Gasteiger partial charge in [0.1, 0.15) is 11.4 Å². The van der Waals surface area contributed by atoms with Crippen LogP contribution in [0.1, 0.15) is 77.7 Å². The van der Waals surface area contributed by atoms with Gasteiger partial charge in [-0.25, -0.2) is 19.7 Å². The number of fused-ring (bicyclic) bond motifs is 1. The fraction of sp³-hybridized carbons (Fsp3) is 0.586. The number of anilines is 2. The molecule has 0 unspecified atom stereocenters. The van der Waals surface area contributed by atoms with Gasteiger partial charge in [-0.1, -0.05) is 12.1 Å². The molecule has 0 aliphatic heterocycles. The second kappa shape index (κ2) is 11.7. The van der Waals surface area contributed by atoms with E-state index in [1.165, 1.54) is 25.7 Å². The summed E-state index contributed by atoms with van der Waals surface area (Å²) in [6.07, 6.45) is 7.12. The molecule has 1 aliphatic rings. The number of aromatic nitrogens is 4. The molecule has 4 rings (SSSR count). The number of hydrogen-bond donors (Lipinski definition) is 2. The zero-order valence-corrected chi connectivity index (χ0v) is 23.9. The zero-order chi connectivity index (χ0) is 27.4. The number of carbonyl (C=O) groups excluding carboxylic acids is 1. The van der Waals surface area contributed by atoms with Crippen molar-refractivity contribution in [3.63, 3.8) is 0 Å². The molecule has 1 aromatic carbocycles. The van der Waals surface area contributed by atoms with Crippen molar-refractivity contribution in [1.82, 2.24) is 29.7 Å². The Morgan fingerprint density at radius 2 is 1.89 bits per heavy atom. The molecule has 38 heavy (non-hydrogen) atoms. The van der Waals surface area contributed by atoms with Crippen LogP contribution in [0.4, 0.5) is 16.3 Å². The predicted octanol–water partition coefficient (Wildman–Crippen LogP) is 5.84. The summed E-state index contributed by atoms with van der Waals surface area (Å²) in [5, 5.41) is 6.31. The van der Waals surface area contributed by atoms with Crippen LogP contribution < -0.4 is 10.6 Å². The van der Waals surface area contributed by atoms with E-state index in [1.54, 1.807) is 0 Å². The van der Waals surface area contributed by atoms with E-state index in [-0.39, 0.29) is 6.04 Å². The Hall–Kier alpha value is -3.20. The maximum atomic E-state index is 12.1. The Labute approximate surface area is 226 Å². The van der Waals surface area contributed by atoms with E-state index in [4.69, 9.17) is 14.7 Å². The molecule has 2 heterocycles. The summed E-state index contributed by atoms with van der Waals surface area (Å²) in [5.41, 5.74) is 2.92. The third kappa shape index (κ3) is 7.22. The van der Waals surface area contributed by atoms with Gasteiger partial charge < -0.3 is 24.8 Å². The highest BCUT2D eigenvalue weighted by molar-refractivity contribution is 5.85. The number of imidazole rings is 1. The smallest absolute Gasteiger partial charge is 0.407 e. The van der Waals surface area contributed by atoms with E-state index in [9.17, 15) is 4.79 Å². The van der Waals surface area contributed by atoms with Gasteiger partial charge in [-0.15, -0.1) is 0 Å². The van der Waals surface area contributed by atoms with Crippen molar-refractivity contribution < 1.29 is 9.53 Å². The van der Waals surface area contributed by atoms with Crippen LogP contribution in [-0.4, -0.2) is 56.3 Å². The normalized spacial score (nSPS) is 18.2. The van der Waals surface area contributed by atoms with E-state index >= 15 is 0 Å². The van der Waals surface area contributed by atoms with E-state index in [1.807, 2.05) is 51.4 Å². The number of benzene rings is 1. The van der Waals surface area contributed by atoms with Crippen LogP contribution in [0.15, 0.2) is 30.6 Å². The molecule has 2 N–H and O–H groups in total. The van der Waals surface area contributed by atoms with Gasteiger partial charge in [0.25, 0.3) is 0 Å². The number of alkyl carbamates (subject to hydrolysis) is 1. The molecule has 3 aromatic rings. The first-order valence-electron chi connectivity index (χ1n) is 13.7. The lowest BCUT2D eigenvalue weighted by Gasteiger charge is -2.32. The number of amides is 1. The van der Waals surface area contributed by atoms with E-state index < -0.39 is 11.7 Å². The average molecular weight is 522 g/mol. The van der Waals surface area contributed by atoms with E-state index in [0.717, 1.165) is 34.7 Å². The van der Waals surface area contributed by atoms with Gasteiger partial charge in [0.05, 0.1) is 6.33 Å². The number of ether oxygens (including phenoxy) is 1. The summed E-state index contributed by atoms with van der Waals surface area (Å²) in [6.45, 7) is 10.2. The highest BCUT2D eigenvalue weighted by atomic mass is 16.6. The Morgan fingerprint density at radius 1 is 1.16 bits per heavy atom. The molecule has 1 fully saturated rings. The van der Waals surface area contributed by atoms with Gasteiger partial charge >= 0.3 is 6.09 Å². The van der Waals surface area contributed by atoms with Crippen molar-refractivity contribution in [3.8, 4) is 0 Å². The molecule has 9 heteroatoms. The summed E-state index contributed by atoms with van der Waals surface area (Å²) in [5.74, 6) is 2.16. The summed E-state index contributed by atoms with van der Waals surface area (Å²) in [4.78, 5) is 29.0. The second-order valence-corrected chi connectivity index (χ2v) is 11.9. The Morgan fingerprint density at radius 3 is 2.55 bits per heavy atom. The maximum absolute atomic E-state index is 12.1. The third-order valence-corrected chi connectivity index (χ3v) is 7.07. The molecule has 1 saturated carbocycles. The van der Waals surface area contributed by atoms with Crippen molar-refractivity contribution in [3.05, 3.63) is 42.0 Å². The fourth-order valence-corrected chi connectivity index (χ4v) is 5.03. The lowest BCUT2D eigenvalue weighted by molar-refractivity contribution is 0.0523. The first-order valence-corrected chi connectivity index (χ1v) is 13.7. The minimum absolute atomic E-state index is 0.244. The van der Waals surface area contributed by atoms with Crippen LogP contribution in [0.3, 0.4) is 0 Å². The summed E-state index contributed by atoms with van der Waals surface area (Å²) in [6, 6.07) is 8.85. The van der Waals surface area contributed by atoms with Gasteiger partial charge in [0.2, 0.25) is 0 Å². The molecular weight excluding hydrogens is 478 g/mol. The topological polar surface area (TPSA) is 97.2 Å². The van der Waals surface area contributed by atoms with Crippen molar-refractivity contribution in [2.75, 3.05) is 19.4 Å². The molecule has 0 saturated heterocycles. The number of nitrogens with zero attached hydrogens (tertiary/aromatic N) is 5. The molecule has 206 valence electrons. The van der Waals surface area contributed by atoms with Crippen LogP contribution in [0, 0.1) is 5.92 Å². The second-order valence-electron chi connectivity index (χ2n) is 11.9. The predicted molar refractivity (Wildman–Crippen MR) is 152 cm³/mol. The quantitative estimate of drug-likeness (QED) is 0.384. The fourth-order valence-electron chi connectivity index (χ4n) is 5.03. The van der Waals surface area contributed by atoms with Gasteiger partial charge in [-0.2, -0.15) is 0 Å². The van der Waals surface area contributed by atoms with Crippen molar-refractivity contribution >= 4 is 28.8 Å². The standard InChI is InChI=1S/C29H43N7O2/c1-19(2)36-18-31-25-26(32-22-10-8-9-21(15-22)17-30-28(37)38-29(3,4)5)33-24(34-27(25)36)16-20-11-13-23(14-12-20)35(6)7/h8-10,15,18-20,23H,11-14,16-17H2,1-7H3,(H,30,37)(H,32,33,34). The van der Waals surface area contributed by atoms with Crippen molar-refractivity contribution in [2.24, 2.45) is 5.92 Å². The summed E-state index contributed by atoms with van der Waals surface area (Å²) in [7, 11) is 4.35. The van der Waals surface area contributed by atoms with Crippen LogP contribution in [0.25, 0.3) is 11.2 Å². The van der Waals surface area contributed by atoms with Crippen LogP contribution in [0.2, 0.25) is 0 Å². The third-order valence-electron chi connectivity index (χ3n) is 7.07. The van der Waals surface area contributed by atoms with Gasteiger partial charge in [0.15, 0.2) is 17.0 Å². The van der Waals surface area contributed by atoms with Gasteiger partial charge in [-0.05, 0) is 98.0 Å². The number of nitrogens with one attached hydrogen (secondary N) is 2. The average Bonchev–Trinajstić information content (AvgIpc) is 3.27. The Kier molecular flexibility index (Phi) is 8.55. The first kappa shape index (κ1) is 27.8. The largest absolute Gasteiger partial charge is 0.444 e. The van der Waals surface area contributed by atoms with Crippen molar-refractivity contribution in [1.29, 1.82) is 0 Å². The molecule has 0 radical (unpaired) electrons. The minimum atomic E-state index is -0.533. The lowest BCUT2D eigenvalue weighted by atomic mass is 9.83. The summed E-state index contributed by atoms with van der Waals surface area (Å²) >= 11 is 0. The molecule has 1 aliphatic carbocycles. The molecule has 0 bridgehead atoms. The number of hydrogen-bond acceptors (Lipinski definition) is 7. The lowest BCUT2D eigenvalue weighted by Crippen LogP contribution is -2.32. The van der Waals surface area contributed by atoms with Crippen LogP contribution in [-0.2, 0) is 17.7 Å². The summed E-state index contributed by atoms with van der Waals surface area (Å²) < 4.78 is 7.46. The number of carbonyl (C=O) groups is 1. The maximum Gasteiger partial charge on any atom is 0.407 e. The van der Waals surface area contributed by atoms with Gasteiger partial charge in [0, 0.05) is 30.7 Å². The SMILES string of the molecule is CC(C)n1cnc2c(Nc3cccc(CNC(=O)OC(C)(C)C)c3)nc(CC3CCC(N(C)C)CC3)nc21. The molecular formula is C29H43N7O2. The monoisotopic (exact) mass is 521 g/mol. The highest BCUT2D eigenvalue weighted by Crippen LogP contribution is 2.31. The molecule has 2 aromatic heterocycles. The molecule has 1 amide bonds. The Balaban J connectivity index is 1.53. The van der Waals surface area contributed by atoms with E-state index in [0.29, 0.717) is 24.3 Å². The number of rotatable bonds is 8. The highest BCUT2D eigenvalue weighted by Gasteiger charge is 2.24. The van der Waals surface area contributed by atoms with E-state index in [2.05, 4.69) is 53.0 Å². The van der Waals surface area contributed by atoms with Gasteiger partial charge in [-0.3, -0.25) is 0 Å². The molecule has 0 spiro atoms.